The van der Waals surface area contributed by atoms with E-state index in [-0.39, 0.29) is 6.10 Å². The van der Waals surface area contributed by atoms with Crippen molar-refractivity contribution in [3.8, 4) is 0 Å². The number of nitrogens with zero attached hydrogens (tertiary/aromatic N) is 1. The molecule has 3 N–H and O–H groups in total. The second-order valence-electron chi connectivity index (χ2n) is 3.15. The molecule has 1 aliphatic heterocycles. The third-order valence-corrected chi connectivity index (χ3v) is 2.40. The minimum Gasteiger partial charge on any atom is -0.375 e. The number of rotatable bonds is 1. The Morgan fingerprint density at radius 3 is 3.00 bits per heavy atom. The number of hydrogen-bond donors (Lipinski definition) is 2. The Labute approximate surface area is 82.8 Å². The summed E-state index contributed by atoms with van der Waals surface area (Å²) < 4.78 is 5.33. The van der Waals surface area contributed by atoms with E-state index in [0.29, 0.717) is 6.54 Å². The zero-order chi connectivity index (χ0) is 9.97. The highest BCUT2D eigenvalue weighted by atomic mass is 16.5. The van der Waals surface area contributed by atoms with Crippen LogP contribution >= 0.6 is 0 Å². The summed E-state index contributed by atoms with van der Waals surface area (Å²) in [5, 5.41) is 0. The summed E-state index contributed by atoms with van der Waals surface area (Å²) in [7, 11) is 1.69. The van der Waals surface area contributed by atoms with Gasteiger partial charge in [0, 0.05) is 12.7 Å². The minimum absolute atomic E-state index is 0.0447. The summed E-state index contributed by atoms with van der Waals surface area (Å²) in [6.07, 6.45) is 0.0447. The van der Waals surface area contributed by atoms with Gasteiger partial charge >= 0.3 is 0 Å². The summed E-state index contributed by atoms with van der Waals surface area (Å²) in [4.78, 5) is 4.30. The Bertz CT molecular complexity index is 362. The van der Waals surface area contributed by atoms with Crippen molar-refractivity contribution >= 4 is 5.84 Å². The highest BCUT2D eigenvalue weighted by molar-refractivity contribution is 6.00. The second-order valence-corrected chi connectivity index (χ2v) is 3.15. The van der Waals surface area contributed by atoms with Crippen molar-refractivity contribution in [1.29, 1.82) is 0 Å². The minimum atomic E-state index is 0.0447. The Kier molecular flexibility index (Phi) is 2.47. The van der Waals surface area contributed by atoms with Crippen molar-refractivity contribution in [3.63, 3.8) is 0 Å². The molecule has 0 aliphatic carbocycles. The predicted octanol–water partition coefficient (Wildman–Crippen LogP) is 0.598. The molecule has 4 heteroatoms. The van der Waals surface area contributed by atoms with Gasteiger partial charge in [-0.1, -0.05) is 24.3 Å². The molecule has 1 aromatic carbocycles. The largest absolute Gasteiger partial charge is 0.375 e. The summed E-state index contributed by atoms with van der Waals surface area (Å²) in [6.45, 7) is 0.618. The molecule has 1 unspecified atom stereocenters. The van der Waals surface area contributed by atoms with Gasteiger partial charge in [-0.3, -0.25) is 4.99 Å². The molecule has 0 bridgehead atoms. The molecule has 0 aromatic heterocycles. The summed E-state index contributed by atoms with van der Waals surface area (Å²) in [6, 6.07) is 7.97. The first-order valence-corrected chi connectivity index (χ1v) is 4.50. The lowest BCUT2D eigenvalue weighted by molar-refractivity contribution is 0.109. The SMILES string of the molecule is COC1CN=C(NN)c2ccccc21. The predicted molar refractivity (Wildman–Crippen MR) is 54.9 cm³/mol. The molecule has 0 radical (unpaired) electrons. The molecule has 4 nitrogen and oxygen atoms in total. The zero-order valence-electron chi connectivity index (χ0n) is 8.03. The first-order valence-electron chi connectivity index (χ1n) is 4.50. The highest BCUT2D eigenvalue weighted by Crippen LogP contribution is 2.25. The van der Waals surface area contributed by atoms with Crippen molar-refractivity contribution in [1.82, 2.24) is 5.43 Å². The maximum atomic E-state index is 5.38. The Hall–Kier alpha value is -1.39. The molecule has 1 heterocycles. The van der Waals surface area contributed by atoms with Crippen LogP contribution < -0.4 is 11.3 Å². The second kappa shape index (κ2) is 3.77. The van der Waals surface area contributed by atoms with Crippen molar-refractivity contribution in [2.24, 2.45) is 10.8 Å². The normalized spacial score (nSPS) is 19.9. The number of hydrazine groups is 1. The highest BCUT2D eigenvalue weighted by Gasteiger charge is 2.21. The van der Waals surface area contributed by atoms with E-state index in [9.17, 15) is 0 Å². The average Bonchev–Trinajstić information content (AvgIpc) is 2.27. The zero-order valence-corrected chi connectivity index (χ0v) is 8.03. The maximum Gasteiger partial charge on any atom is 0.142 e. The van der Waals surface area contributed by atoms with Crippen molar-refractivity contribution in [3.05, 3.63) is 35.4 Å². The van der Waals surface area contributed by atoms with Crippen LogP contribution in [-0.2, 0) is 4.74 Å². The molecule has 0 amide bonds. The molecule has 1 aliphatic rings. The van der Waals surface area contributed by atoms with Crippen LogP contribution in [0.25, 0.3) is 0 Å². The van der Waals surface area contributed by atoms with Crippen molar-refractivity contribution in [2.45, 2.75) is 6.10 Å². The first kappa shape index (κ1) is 9.18. The number of aliphatic imine (C=N–C) groups is 1. The van der Waals surface area contributed by atoms with Gasteiger partial charge < -0.3 is 10.2 Å². The van der Waals surface area contributed by atoms with Gasteiger partial charge in [-0.25, -0.2) is 5.84 Å². The van der Waals surface area contributed by atoms with E-state index in [1.54, 1.807) is 7.11 Å². The molecule has 14 heavy (non-hydrogen) atoms. The van der Waals surface area contributed by atoms with Crippen LogP contribution in [0.5, 0.6) is 0 Å². The van der Waals surface area contributed by atoms with Crippen LogP contribution in [0.1, 0.15) is 17.2 Å². The van der Waals surface area contributed by atoms with Crippen molar-refractivity contribution in [2.75, 3.05) is 13.7 Å². The average molecular weight is 191 g/mol. The van der Waals surface area contributed by atoms with Gasteiger partial charge in [0.25, 0.3) is 0 Å². The third-order valence-electron chi connectivity index (χ3n) is 2.40. The summed E-state index contributed by atoms with van der Waals surface area (Å²) in [5.74, 6) is 6.11. The number of ether oxygens (including phenoxy) is 1. The lowest BCUT2D eigenvalue weighted by Gasteiger charge is -2.23. The number of fused-ring (bicyclic) bond motifs is 1. The number of amidine groups is 1. The van der Waals surface area contributed by atoms with E-state index in [4.69, 9.17) is 10.6 Å². The number of nitrogens with two attached hydrogens (primary N) is 1. The van der Waals surface area contributed by atoms with E-state index < -0.39 is 0 Å². The van der Waals surface area contributed by atoms with E-state index in [1.165, 1.54) is 0 Å². The van der Waals surface area contributed by atoms with Gasteiger partial charge in [0.2, 0.25) is 0 Å². The standard InChI is InChI=1S/C10H13N3O/c1-14-9-6-12-10(13-11)8-5-3-2-4-7(8)9/h2-5,9H,6,11H2,1H3,(H,12,13). The van der Waals surface area contributed by atoms with Gasteiger partial charge in [-0.05, 0) is 5.56 Å². The molecule has 0 saturated heterocycles. The fourth-order valence-corrected chi connectivity index (χ4v) is 1.68. The fourth-order valence-electron chi connectivity index (χ4n) is 1.68. The summed E-state index contributed by atoms with van der Waals surface area (Å²) >= 11 is 0. The van der Waals surface area contributed by atoms with Gasteiger partial charge in [-0.2, -0.15) is 0 Å². The van der Waals surface area contributed by atoms with Crippen LogP contribution in [0, 0.1) is 0 Å². The lowest BCUT2D eigenvalue weighted by atomic mass is 9.99. The summed E-state index contributed by atoms with van der Waals surface area (Å²) in [5.41, 5.74) is 4.76. The Balaban J connectivity index is 2.47. The Morgan fingerprint density at radius 2 is 2.29 bits per heavy atom. The number of hydrogen-bond acceptors (Lipinski definition) is 4. The number of methoxy groups -OCH3 is 1. The van der Waals surface area contributed by atoms with Gasteiger partial charge in [0.05, 0.1) is 6.54 Å². The topological polar surface area (TPSA) is 59.6 Å². The van der Waals surface area contributed by atoms with E-state index in [2.05, 4.69) is 10.4 Å². The van der Waals surface area contributed by atoms with Crippen LogP contribution in [0.15, 0.2) is 29.3 Å². The molecule has 1 atom stereocenters. The molecule has 0 saturated carbocycles. The first-order chi connectivity index (χ1) is 6.86. The molecule has 1 aromatic rings. The molecule has 0 fully saturated rings. The lowest BCUT2D eigenvalue weighted by Crippen LogP contribution is -2.35. The van der Waals surface area contributed by atoms with Gasteiger partial charge in [-0.15, -0.1) is 0 Å². The maximum absolute atomic E-state index is 5.38. The van der Waals surface area contributed by atoms with Gasteiger partial charge in [0.15, 0.2) is 0 Å². The monoisotopic (exact) mass is 191 g/mol. The van der Waals surface area contributed by atoms with E-state index in [1.807, 2.05) is 24.3 Å². The van der Waals surface area contributed by atoms with Crippen LogP contribution in [0.3, 0.4) is 0 Å². The van der Waals surface area contributed by atoms with Crippen LogP contribution in [0.4, 0.5) is 0 Å². The molecule has 74 valence electrons. The van der Waals surface area contributed by atoms with Crippen LogP contribution in [0.2, 0.25) is 0 Å². The molecular formula is C10H13N3O. The number of benzene rings is 1. The smallest absolute Gasteiger partial charge is 0.142 e. The quantitative estimate of drug-likeness (QED) is 0.504. The fraction of sp³-hybridized carbons (Fsp3) is 0.300. The van der Waals surface area contributed by atoms with E-state index in [0.717, 1.165) is 17.0 Å². The van der Waals surface area contributed by atoms with E-state index >= 15 is 0 Å². The Morgan fingerprint density at radius 1 is 1.50 bits per heavy atom. The van der Waals surface area contributed by atoms with Crippen LogP contribution in [-0.4, -0.2) is 19.5 Å². The number of nitrogens with one attached hydrogen (secondary N) is 1. The van der Waals surface area contributed by atoms with Crippen molar-refractivity contribution < 1.29 is 4.74 Å². The third kappa shape index (κ3) is 1.38. The molecule has 2 rings (SSSR count). The molecule has 0 spiro atoms. The molecular weight excluding hydrogens is 178 g/mol. The van der Waals surface area contributed by atoms with Gasteiger partial charge in [0.1, 0.15) is 11.9 Å².